The molecule has 2 aromatic carbocycles. The lowest BCUT2D eigenvalue weighted by Crippen LogP contribution is -2.37. The van der Waals surface area contributed by atoms with Crippen LogP contribution in [0, 0.1) is 0 Å². The number of benzene rings is 2. The third-order valence-corrected chi connectivity index (χ3v) is 6.07. The molecule has 0 aliphatic carbocycles. The number of morpholine rings is 1. The molecule has 0 unspecified atom stereocenters. The van der Waals surface area contributed by atoms with E-state index in [1.54, 1.807) is 30.3 Å². The fourth-order valence-electron chi connectivity index (χ4n) is 3.45. The van der Waals surface area contributed by atoms with Gasteiger partial charge in [-0.05, 0) is 47.7 Å². The number of ether oxygens (including phenoxy) is 1. The molecule has 1 saturated heterocycles. The maximum Gasteiger partial charge on any atom is 0.265 e. The molecule has 2 heterocycles. The average Bonchev–Trinajstić information content (AvgIpc) is 3.35. The van der Waals surface area contributed by atoms with Gasteiger partial charge in [0.25, 0.3) is 11.8 Å². The molecule has 2 amide bonds. The Bertz CT molecular complexity index is 1010. The zero-order valence-electron chi connectivity index (χ0n) is 17.2. The van der Waals surface area contributed by atoms with Gasteiger partial charge >= 0.3 is 0 Å². The summed E-state index contributed by atoms with van der Waals surface area (Å²) in [5, 5.41) is 7.60. The van der Waals surface area contributed by atoms with E-state index in [1.807, 2.05) is 35.7 Å². The van der Waals surface area contributed by atoms with Crippen molar-refractivity contribution in [1.29, 1.82) is 0 Å². The predicted octanol–water partition coefficient (Wildman–Crippen LogP) is 4.13. The van der Waals surface area contributed by atoms with E-state index in [2.05, 4.69) is 15.5 Å². The highest BCUT2D eigenvalue weighted by molar-refractivity contribution is 7.12. The summed E-state index contributed by atoms with van der Waals surface area (Å²) in [6.07, 6.45) is 0.964. The summed E-state index contributed by atoms with van der Waals surface area (Å²) in [4.78, 5) is 28.2. The number of nitrogens with one attached hydrogen (secondary N) is 2. The average molecular weight is 436 g/mol. The van der Waals surface area contributed by atoms with Gasteiger partial charge in [0.05, 0.1) is 29.3 Å². The van der Waals surface area contributed by atoms with Crippen LogP contribution in [0.2, 0.25) is 0 Å². The Balaban J connectivity index is 1.36. The minimum atomic E-state index is -0.261. The van der Waals surface area contributed by atoms with Crippen LogP contribution in [-0.2, 0) is 11.2 Å². The highest BCUT2D eigenvalue weighted by Crippen LogP contribution is 2.20. The van der Waals surface area contributed by atoms with E-state index in [1.165, 1.54) is 16.9 Å². The van der Waals surface area contributed by atoms with Crippen molar-refractivity contribution in [2.45, 2.75) is 6.42 Å². The fourth-order valence-corrected chi connectivity index (χ4v) is 4.07. The number of carbonyl (C=O) groups is 2. The molecule has 1 aliphatic heterocycles. The first kappa shape index (κ1) is 21.2. The first-order valence-electron chi connectivity index (χ1n) is 10.3. The second kappa shape index (κ2) is 10.3. The molecule has 6 nitrogen and oxygen atoms in total. The maximum atomic E-state index is 12.8. The van der Waals surface area contributed by atoms with Crippen LogP contribution in [0.3, 0.4) is 0 Å². The molecule has 4 rings (SSSR count). The molecule has 0 radical (unpaired) electrons. The quantitative estimate of drug-likeness (QED) is 0.586. The monoisotopic (exact) mass is 435 g/mol. The van der Waals surface area contributed by atoms with Gasteiger partial charge in [0.15, 0.2) is 0 Å². The van der Waals surface area contributed by atoms with E-state index in [0.717, 1.165) is 45.0 Å². The van der Waals surface area contributed by atoms with Crippen LogP contribution >= 0.6 is 11.3 Å². The fraction of sp³-hybridized carbons (Fsp3) is 0.250. The molecule has 1 fully saturated rings. The molecular weight excluding hydrogens is 410 g/mol. The number of carbonyl (C=O) groups excluding carboxylic acids is 2. The number of thiophene rings is 1. The number of amides is 2. The Kier molecular flexibility index (Phi) is 7.09. The van der Waals surface area contributed by atoms with Crippen molar-refractivity contribution in [3.63, 3.8) is 0 Å². The van der Waals surface area contributed by atoms with E-state index in [9.17, 15) is 9.59 Å². The topological polar surface area (TPSA) is 70.7 Å². The Labute approximate surface area is 185 Å². The van der Waals surface area contributed by atoms with Crippen molar-refractivity contribution >= 4 is 34.5 Å². The van der Waals surface area contributed by atoms with Crippen LogP contribution in [0.4, 0.5) is 11.4 Å². The second-order valence-electron chi connectivity index (χ2n) is 7.33. The Morgan fingerprint density at radius 2 is 1.68 bits per heavy atom. The summed E-state index contributed by atoms with van der Waals surface area (Å²) < 4.78 is 5.38. The molecule has 1 aromatic heterocycles. The van der Waals surface area contributed by atoms with Crippen molar-refractivity contribution in [1.82, 2.24) is 4.90 Å². The molecule has 0 bridgehead atoms. The summed E-state index contributed by atoms with van der Waals surface area (Å²) in [5.41, 5.74) is 2.86. The summed E-state index contributed by atoms with van der Waals surface area (Å²) in [7, 11) is 0. The zero-order chi connectivity index (χ0) is 21.5. The van der Waals surface area contributed by atoms with E-state index >= 15 is 0 Å². The van der Waals surface area contributed by atoms with Crippen LogP contribution in [0.5, 0.6) is 0 Å². The lowest BCUT2D eigenvalue weighted by molar-refractivity contribution is 0.0384. The van der Waals surface area contributed by atoms with E-state index in [4.69, 9.17) is 4.74 Å². The molecule has 0 saturated carbocycles. The molecule has 7 heteroatoms. The number of rotatable bonds is 7. The smallest absolute Gasteiger partial charge is 0.265 e. The zero-order valence-corrected chi connectivity index (χ0v) is 18.0. The van der Waals surface area contributed by atoms with Gasteiger partial charge in [-0.1, -0.05) is 30.3 Å². The number of hydrogen-bond donors (Lipinski definition) is 2. The van der Waals surface area contributed by atoms with Crippen molar-refractivity contribution in [2.24, 2.45) is 0 Å². The first-order chi connectivity index (χ1) is 15.2. The Hall–Kier alpha value is -3.00. The van der Waals surface area contributed by atoms with Gasteiger partial charge in [0.2, 0.25) is 0 Å². The van der Waals surface area contributed by atoms with E-state index in [0.29, 0.717) is 16.1 Å². The minimum absolute atomic E-state index is 0.222. The highest BCUT2D eigenvalue weighted by Gasteiger charge is 2.15. The van der Waals surface area contributed by atoms with Crippen LogP contribution in [-0.4, -0.2) is 49.6 Å². The lowest BCUT2D eigenvalue weighted by atomic mass is 10.1. The van der Waals surface area contributed by atoms with Crippen molar-refractivity contribution in [2.75, 3.05) is 43.5 Å². The van der Waals surface area contributed by atoms with Gasteiger partial charge in [-0.15, -0.1) is 11.3 Å². The number of nitrogens with zero attached hydrogens (tertiary/aromatic N) is 1. The molecule has 3 aromatic rings. The Morgan fingerprint density at radius 1 is 0.903 bits per heavy atom. The molecule has 2 N–H and O–H groups in total. The number of para-hydroxylation sites is 1. The minimum Gasteiger partial charge on any atom is -0.379 e. The van der Waals surface area contributed by atoms with Crippen molar-refractivity contribution < 1.29 is 14.3 Å². The predicted molar refractivity (Wildman–Crippen MR) is 124 cm³/mol. The largest absolute Gasteiger partial charge is 0.379 e. The Morgan fingerprint density at radius 3 is 2.42 bits per heavy atom. The van der Waals surface area contributed by atoms with Crippen LogP contribution in [0.1, 0.15) is 25.6 Å². The SMILES string of the molecule is O=C(Nc1ccccc1C(=O)Nc1ccc(CCN2CCOCC2)cc1)c1cccs1. The van der Waals surface area contributed by atoms with Gasteiger partial charge < -0.3 is 15.4 Å². The summed E-state index contributed by atoms with van der Waals surface area (Å²) in [6.45, 7) is 4.58. The molecule has 1 aliphatic rings. The van der Waals surface area contributed by atoms with Gasteiger partial charge in [-0.3, -0.25) is 14.5 Å². The van der Waals surface area contributed by atoms with Crippen molar-refractivity contribution in [3.05, 3.63) is 82.0 Å². The third-order valence-electron chi connectivity index (χ3n) is 5.20. The molecule has 0 spiro atoms. The van der Waals surface area contributed by atoms with Crippen LogP contribution < -0.4 is 10.6 Å². The lowest BCUT2D eigenvalue weighted by Gasteiger charge is -2.26. The van der Waals surface area contributed by atoms with Gasteiger partial charge in [0.1, 0.15) is 0 Å². The highest BCUT2D eigenvalue weighted by atomic mass is 32.1. The van der Waals surface area contributed by atoms with Gasteiger partial charge in [-0.25, -0.2) is 0 Å². The van der Waals surface area contributed by atoms with Gasteiger partial charge in [-0.2, -0.15) is 0 Å². The van der Waals surface area contributed by atoms with Gasteiger partial charge in [0, 0.05) is 25.3 Å². The third kappa shape index (κ3) is 5.79. The van der Waals surface area contributed by atoms with Crippen LogP contribution in [0.25, 0.3) is 0 Å². The number of anilines is 2. The summed E-state index contributed by atoms with van der Waals surface area (Å²) >= 11 is 1.36. The molecule has 160 valence electrons. The van der Waals surface area contributed by atoms with E-state index < -0.39 is 0 Å². The molecule has 31 heavy (non-hydrogen) atoms. The molecular formula is C24H25N3O3S. The van der Waals surface area contributed by atoms with Crippen LogP contribution in [0.15, 0.2) is 66.0 Å². The first-order valence-corrected chi connectivity index (χ1v) is 11.2. The van der Waals surface area contributed by atoms with Crippen molar-refractivity contribution in [3.8, 4) is 0 Å². The normalized spacial score (nSPS) is 14.2. The standard InChI is InChI=1S/C24H25N3O3S/c28-23(20-4-1-2-5-21(20)26-24(29)22-6-3-17-31-22)25-19-9-7-18(8-10-19)11-12-27-13-15-30-16-14-27/h1-10,17H,11-16H2,(H,25,28)(H,26,29). The maximum absolute atomic E-state index is 12.8. The summed E-state index contributed by atoms with van der Waals surface area (Å²) in [6, 6.07) is 18.5. The number of hydrogen-bond acceptors (Lipinski definition) is 5. The second-order valence-corrected chi connectivity index (χ2v) is 8.28. The summed E-state index contributed by atoms with van der Waals surface area (Å²) in [5.74, 6) is -0.483. The molecule has 0 atom stereocenters. The van der Waals surface area contributed by atoms with E-state index in [-0.39, 0.29) is 11.8 Å².